The first kappa shape index (κ1) is 30.4. The molecule has 2 atom stereocenters. The summed E-state index contributed by atoms with van der Waals surface area (Å²) in [5.74, 6) is 0.170. The number of allylic oxidation sites excluding steroid dienone is 5. The molecule has 0 saturated heterocycles. The van der Waals surface area contributed by atoms with Crippen molar-refractivity contribution in [2.45, 2.75) is 18.6 Å². The quantitative estimate of drug-likeness (QED) is 0.197. The molecule has 9 aromatic rings. The maximum Gasteiger partial charge on any atom is 0.201 e. The highest BCUT2D eigenvalue weighted by atomic mass is 32.1. The molecule has 6 heteroatoms. The van der Waals surface area contributed by atoms with Crippen molar-refractivity contribution in [1.82, 2.24) is 14.5 Å². The molecule has 13 rings (SSSR count). The van der Waals surface area contributed by atoms with Crippen LogP contribution in [0.5, 0.6) is 0 Å². The van der Waals surface area contributed by atoms with Gasteiger partial charge in [0.25, 0.3) is 0 Å². The number of aliphatic imine (C=N–C) groups is 1. The highest BCUT2D eigenvalue weighted by Gasteiger charge is 2.42. The first-order valence-corrected chi connectivity index (χ1v) is 20.1. The molecule has 262 valence electrons. The smallest absolute Gasteiger partial charge is 0.201 e. The van der Waals surface area contributed by atoms with Gasteiger partial charge < -0.3 is 9.88 Å². The number of hydrogen-bond acceptors (Lipinski definition) is 5. The fourth-order valence-corrected chi connectivity index (χ4v) is 10.9. The van der Waals surface area contributed by atoms with Gasteiger partial charge in [-0.05, 0) is 58.3 Å². The summed E-state index contributed by atoms with van der Waals surface area (Å²) in [6.45, 7) is 0. The standard InChI is InChI=1S/C50H31N5S/c1-2-11-28(12-3-1)29-21-23-31(24-22-29)44-49-47(33-15-6-9-20-41(33)56-49)54-50(53-44)55-40-27-37-42-34(43(40)36-26-25-30-13-4-5-14-32(30)48(36)55)16-10-17-35(42)45-46(37)52-39-19-8-7-18-38(39)51-45/h1-15,17-27,34,50,54H,16H2. The van der Waals surface area contributed by atoms with E-state index in [1.807, 2.05) is 23.5 Å². The zero-order valence-electron chi connectivity index (χ0n) is 30.1. The van der Waals surface area contributed by atoms with Crippen molar-refractivity contribution >= 4 is 82.8 Å². The normalized spacial score (nSPS) is 17.8. The number of aromatic nitrogens is 3. The van der Waals surface area contributed by atoms with Crippen molar-refractivity contribution in [2.24, 2.45) is 4.99 Å². The van der Waals surface area contributed by atoms with Crippen LogP contribution in [0.1, 0.15) is 51.7 Å². The lowest BCUT2D eigenvalue weighted by atomic mass is 9.76. The molecule has 0 spiro atoms. The van der Waals surface area contributed by atoms with Gasteiger partial charge in [0, 0.05) is 43.5 Å². The predicted octanol–water partition coefficient (Wildman–Crippen LogP) is 12.4. The van der Waals surface area contributed by atoms with Crippen LogP contribution in [0.3, 0.4) is 0 Å². The summed E-state index contributed by atoms with van der Waals surface area (Å²) in [7, 11) is 0. The minimum atomic E-state index is -0.411. The Kier molecular flexibility index (Phi) is 6.15. The molecule has 0 saturated carbocycles. The van der Waals surface area contributed by atoms with E-state index in [2.05, 4.69) is 156 Å². The largest absolute Gasteiger partial charge is 0.345 e. The third-order valence-corrected chi connectivity index (χ3v) is 13.3. The molecule has 56 heavy (non-hydrogen) atoms. The van der Waals surface area contributed by atoms with Crippen molar-refractivity contribution in [3.05, 3.63) is 190 Å². The molecule has 0 fully saturated rings. The van der Waals surface area contributed by atoms with Gasteiger partial charge in [-0.1, -0.05) is 133 Å². The van der Waals surface area contributed by atoms with E-state index in [0.717, 1.165) is 45.8 Å². The summed E-state index contributed by atoms with van der Waals surface area (Å²) >= 11 is 1.81. The molecule has 5 nitrogen and oxygen atoms in total. The van der Waals surface area contributed by atoms with E-state index in [1.54, 1.807) is 0 Å². The van der Waals surface area contributed by atoms with Crippen LogP contribution in [-0.2, 0) is 0 Å². The molecule has 0 amide bonds. The van der Waals surface area contributed by atoms with Crippen LogP contribution >= 0.6 is 11.3 Å². The number of hydrogen-bond donors (Lipinski definition) is 1. The minimum absolute atomic E-state index is 0.170. The third kappa shape index (κ3) is 4.16. The van der Waals surface area contributed by atoms with Gasteiger partial charge in [0.2, 0.25) is 6.29 Å². The number of fused-ring (bicyclic) bond motifs is 13. The van der Waals surface area contributed by atoms with Gasteiger partial charge in [0.1, 0.15) is 0 Å². The van der Waals surface area contributed by atoms with Gasteiger partial charge in [0.05, 0.1) is 49.9 Å². The maximum atomic E-state index is 5.74. The molecule has 1 N–H and O–H groups in total. The summed E-state index contributed by atoms with van der Waals surface area (Å²) in [4.78, 5) is 17.4. The van der Waals surface area contributed by atoms with Crippen molar-refractivity contribution in [3.8, 4) is 11.1 Å². The summed E-state index contributed by atoms with van der Waals surface area (Å²) in [5, 5.41) is 8.96. The zero-order chi connectivity index (χ0) is 36.5. The second-order valence-corrected chi connectivity index (χ2v) is 16.1. The highest BCUT2D eigenvalue weighted by molar-refractivity contribution is 7.22. The lowest BCUT2D eigenvalue weighted by Gasteiger charge is -2.30. The maximum absolute atomic E-state index is 5.74. The Morgan fingerprint density at radius 2 is 1.36 bits per heavy atom. The molecule has 2 unspecified atom stereocenters. The lowest BCUT2D eigenvalue weighted by Crippen LogP contribution is -2.25. The summed E-state index contributed by atoms with van der Waals surface area (Å²) in [6, 6.07) is 49.9. The minimum Gasteiger partial charge on any atom is -0.345 e. The van der Waals surface area contributed by atoms with E-state index < -0.39 is 6.29 Å². The average molecular weight is 734 g/mol. The molecule has 6 aromatic carbocycles. The van der Waals surface area contributed by atoms with Crippen LogP contribution in [0.4, 0.5) is 5.69 Å². The van der Waals surface area contributed by atoms with Gasteiger partial charge in [-0.25, -0.2) is 15.0 Å². The lowest BCUT2D eigenvalue weighted by molar-refractivity contribution is 0.600. The fraction of sp³-hybridized carbons (Fsp3) is 0.0600. The first-order valence-electron chi connectivity index (χ1n) is 19.2. The second-order valence-electron chi connectivity index (χ2n) is 15.1. The zero-order valence-corrected chi connectivity index (χ0v) is 30.9. The molecule has 0 radical (unpaired) electrons. The molecule has 0 bridgehead atoms. The highest BCUT2D eigenvalue weighted by Crippen LogP contribution is 2.57. The number of nitrogens with zero attached hydrogens (tertiary/aromatic N) is 4. The van der Waals surface area contributed by atoms with E-state index in [0.29, 0.717) is 0 Å². The molecule has 3 aromatic heterocycles. The summed E-state index contributed by atoms with van der Waals surface area (Å²) in [6.07, 6.45) is 7.52. The monoisotopic (exact) mass is 733 g/mol. The SMILES string of the molecule is C1=CC2=C3C(=Cc4c(c5ccc6ccccc6c5n4C4N=C(c5ccc(-c6ccccc6)cc5)c5sc6ccccc6c5N4)C3C1)c1nc3ccccc3nc12. The van der Waals surface area contributed by atoms with Gasteiger partial charge in [-0.2, -0.15) is 0 Å². The van der Waals surface area contributed by atoms with Gasteiger partial charge in [0.15, 0.2) is 0 Å². The molecule has 3 aliphatic carbocycles. The van der Waals surface area contributed by atoms with Crippen LogP contribution in [0.2, 0.25) is 0 Å². The Morgan fingerprint density at radius 3 is 2.21 bits per heavy atom. The first-order chi connectivity index (χ1) is 27.8. The van der Waals surface area contributed by atoms with E-state index in [1.165, 1.54) is 75.7 Å². The molecule has 4 heterocycles. The van der Waals surface area contributed by atoms with Crippen molar-refractivity contribution in [1.29, 1.82) is 0 Å². The van der Waals surface area contributed by atoms with Crippen LogP contribution in [0.25, 0.3) is 71.1 Å². The third-order valence-electron chi connectivity index (χ3n) is 12.1. The van der Waals surface area contributed by atoms with Gasteiger partial charge in [-0.15, -0.1) is 11.3 Å². The number of anilines is 1. The Balaban J connectivity index is 1.09. The van der Waals surface area contributed by atoms with Gasteiger partial charge >= 0.3 is 0 Å². The molecular formula is C50H31N5S. The number of thiophene rings is 1. The van der Waals surface area contributed by atoms with Crippen molar-refractivity contribution < 1.29 is 0 Å². The molecule has 4 aliphatic rings. The van der Waals surface area contributed by atoms with Crippen LogP contribution in [-0.4, -0.2) is 20.2 Å². The van der Waals surface area contributed by atoms with Crippen LogP contribution in [0.15, 0.2) is 162 Å². The van der Waals surface area contributed by atoms with Crippen molar-refractivity contribution in [2.75, 3.05) is 5.32 Å². The topological polar surface area (TPSA) is 55.1 Å². The summed E-state index contributed by atoms with van der Waals surface area (Å²) < 4.78 is 3.74. The second kappa shape index (κ2) is 11.3. The Bertz CT molecular complexity index is 3310. The van der Waals surface area contributed by atoms with Crippen LogP contribution < -0.4 is 5.32 Å². The fourth-order valence-electron chi connectivity index (χ4n) is 9.67. The van der Waals surface area contributed by atoms with Crippen LogP contribution in [0, 0.1) is 0 Å². The van der Waals surface area contributed by atoms with Crippen molar-refractivity contribution in [3.63, 3.8) is 0 Å². The molecular weight excluding hydrogens is 703 g/mol. The van der Waals surface area contributed by atoms with E-state index in [9.17, 15) is 0 Å². The Morgan fingerprint density at radius 1 is 0.643 bits per heavy atom. The summed E-state index contributed by atoms with van der Waals surface area (Å²) in [5.41, 5.74) is 16.9. The molecule has 1 aliphatic heterocycles. The van der Waals surface area contributed by atoms with E-state index >= 15 is 0 Å². The van der Waals surface area contributed by atoms with E-state index in [4.69, 9.17) is 15.0 Å². The Labute approximate surface area is 326 Å². The number of para-hydroxylation sites is 2. The number of benzene rings is 6. The van der Waals surface area contributed by atoms with Gasteiger partial charge in [-0.3, -0.25) is 0 Å². The predicted molar refractivity (Wildman–Crippen MR) is 232 cm³/mol. The average Bonchev–Trinajstić information content (AvgIpc) is 3.91. The number of nitrogens with one attached hydrogen (secondary N) is 1. The number of rotatable bonds is 3. The Hall–Kier alpha value is -6.89. The van der Waals surface area contributed by atoms with E-state index in [-0.39, 0.29) is 5.92 Å².